The van der Waals surface area contributed by atoms with Gasteiger partial charge >= 0.3 is 6.09 Å². The van der Waals surface area contributed by atoms with Crippen LogP contribution in [0.25, 0.3) is 0 Å². The Bertz CT molecular complexity index is 1060. The summed E-state index contributed by atoms with van der Waals surface area (Å²) >= 11 is 12.6. The number of nitriles is 1. The summed E-state index contributed by atoms with van der Waals surface area (Å²) in [5.74, 6) is -0.351. The molecule has 9 nitrogen and oxygen atoms in total. The number of alkyl carbamates (subject to hydrolysis) is 1. The lowest BCUT2D eigenvalue weighted by atomic mass is 10.1. The number of benzene rings is 1. The number of hydrogen-bond acceptors (Lipinski definition) is 6. The van der Waals surface area contributed by atoms with Gasteiger partial charge in [-0.3, -0.25) is 9.59 Å². The van der Waals surface area contributed by atoms with E-state index in [1.54, 1.807) is 43.9 Å². The Balaban J connectivity index is 1.44. The van der Waals surface area contributed by atoms with Crippen molar-refractivity contribution in [2.75, 3.05) is 13.1 Å². The zero-order chi connectivity index (χ0) is 26.2. The Morgan fingerprint density at radius 2 is 1.97 bits per heavy atom. The molecule has 4 rings (SSSR count). The zero-order valence-electron chi connectivity index (χ0n) is 20.6. The molecule has 11 heteroatoms. The van der Waals surface area contributed by atoms with E-state index in [-0.39, 0.29) is 30.3 Å². The first kappa shape index (κ1) is 26.5. The van der Waals surface area contributed by atoms with Crippen molar-refractivity contribution in [2.24, 2.45) is 5.92 Å². The van der Waals surface area contributed by atoms with Gasteiger partial charge in [-0.2, -0.15) is 5.26 Å². The maximum Gasteiger partial charge on any atom is 0.408 e. The van der Waals surface area contributed by atoms with Gasteiger partial charge in [0.1, 0.15) is 17.7 Å². The van der Waals surface area contributed by atoms with Crippen molar-refractivity contribution in [1.82, 2.24) is 20.4 Å². The molecule has 1 saturated carbocycles. The number of carbonyl (C=O) groups excluding carboxylic acids is 3. The average Bonchev–Trinajstić information content (AvgIpc) is 3.32. The van der Waals surface area contributed by atoms with Gasteiger partial charge in [0, 0.05) is 47.2 Å². The van der Waals surface area contributed by atoms with Gasteiger partial charge in [0.25, 0.3) is 0 Å². The van der Waals surface area contributed by atoms with Gasteiger partial charge in [-0.1, -0.05) is 29.3 Å². The maximum absolute atomic E-state index is 13.3. The van der Waals surface area contributed by atoms with Crippen LogP contribution in [-0.2, 0) is 20.9 Å². The molecule has 0 bridgehead atoms. The number of piperidine rings is 1. The monoisotopic (exact) mass is 535 g/mol. The van der Waals surface area contributed by atoms with E-state index in [1.807, 2.05) is 0 Å². The Labute approximate surface area is 221 Å². The van der Waals surface area contributed by atoms with E-state index in [9.17, 15) is 19.6 Å². The van der Waals surface area contributed by atoms with Gasteiger partial charge in [0.05, 0.1) is 12.1 Å². The first-order chi connectivity index (χ1) is 17.0. The molecule has 0 aromatic heterocycles. The van der Waals surface area contributed by atoms with E-state index in [4.69, 9.17) is 27.9 Å². The fourth-order valence-corrected chi connectivity index (χ4v) is 5.51. The Morgan fingerprint density at radius 1 is 1.28 bits per heavy atom. The molecular formula is C25H31Cl2N5O4. The SMILES string of the molecule is CC(C)(C)OC(=O)NC(CN[C@@H]1C(=O)N(Cc2c(Cl)cccc2Cl)[C@@H]2C[C@@H]12)C(=O)N1CCCC1C#N. The standard InChI is InChI=1S/C25H31Cl2N5O4/c1-25(2,3)36-24(35)30-19(22(33)31-9-5-6-14(31)11-28)12-29-21-15-10-20(15)32(23(21)34)13-16-17(26)7-4-8-18(16)27/h4,7-8,14-15,19-21,29H,5-6,9-10,12-13H2,1-3H3,(H,30,35)/t14?,15-,19?,20-,21+/m1/s1. The van der Waals surface area contributed by atoms with Crippen LogP contribution >= 0.6 is 23.2 Å². The number of likely N-dealkylation sites (tertiary alicyclic amines) is 2. The number of nitrogens with one attached hydrogen (secondary N) is 2. The minimum absolute atomic E-state index is 0.0348. The molecule has 2 heterocycles. The van der Waals surface area contributed by atoms with Crippen LogP contribution in [0, 0.1) is 17.2 Å². The maximum atomic E-state index is 13.3. The fraction of sp³-hybridized carbons (Fsp3) is 0.600. The summed E-state index contributed by atoms with van der Waals surface area (Å²) in [7, 11) is 0. The van der Waals surface area contributed by atoms with Crippen LogP contribution in [0.2, 0.25) is 10.0 Å². The lowest BCUT2D eigenvalue weighted by Crippen LogP contribution is -2.56. The lowest BCUT2D eigenvalue weighted by molar-refractivity contribution is -0.134. The van der Waals surface area contributed by atoms with Crippen molar-refractivity contribution in [3.8, 4) is 6.07 Å². The Morgan fingerprint density at radius 3 is 2.61 bits per heavy atom. The zero-order valence-corrected chi connectivity index (χ0v) is 22.1. The third-order valence-electron chi connectivity index (χ3n) is 6.79. The summed E-state index contributed by atoms with van der Waals surface area (Å²) < 4.78 is 5.35. The van der Waals surface area contributed by atoms with E-state index in [0.29, 0.717) is 35.1 Å². The average molecular weight is 536 g/mol. The summed E-state index contributed by atoms with van der Waals surface area (Å²) in [5, 5.41) is 16.3. The second kappa shape index (κ2) is 10.4. The highest BCUT2D eigenvalue weighted by atomic mass is 35.5. The van der Waals surface area contributed by atoms with Crippen molar-refractivity contribution in [3.63, 3.8) is 0 Å². The van der Waals surface area contributed by atoms with Crippen molar-refractivity contribution in [3.05, 3.63) is 33.8 Å². The molecule has 2 unspecified atom stereocenters. The van der Waals surface area contributed by atoms with E-state index in [2.05, 4.69) is 16.7 Å². The van der Waals surface area contributed by atoms with Gasteiger partial charge in [-0.05, 0) is 52.2 Å². The van der Waals surface area contributed by atoms with Crippen LogP contribution in [0.3, 0.4) is 0 Å². The van der Waals surface area contributed by atoms with Gasteiger partial charge in [-0.15, -0.1) is 0 Å². The van der Waals surface area contributed by atoms with Gasteiger partial charge in [0.15, 0.2) is 0 Å². The highest BCUT2D eigenvalue weighted by molar-refractivity contribution is 6.36. The molecular weight excluding hydrogens is 505 g/mol. The van der Waals surface area contributed by atoms with Crippen molar-refractivity contribution in [2.45, 2.75) is 76.3 Å². The van der Waals surface area contributed by atoms with Crippen LogP contribution in [0.1, 0.15) is 45.6 Å². The number of carbonyl (C=O) groups is 3. The predicted octanol–water partition coefficient (Wildman–Crippen LogP) is 3.09. The number of nitrogens with zero attached hydrogens (tertiary/aromatic N) is 3. The molecule has 3 fully saturated rings. The molecule has 194 valence electrons. The molecule has 0 spiro atoms. The van der Waals surface area contributed by atoms with Gasteiger partial charge in [0.2, 0.25) is 11.8 Å². The van der Waals surface area contributed by atoms with E-state index in [1.165, 1.54) is 4.90 Å². The van der Waals surface area contributed by atoms with Crippen molar-refractivity contribution >= 4 is 41.1 Å². The Hall–Kier alpha value is -2.54. The van der Waals surface area contributed by atoms with Crippen molar-refractivity contribution in [1.29, 1.82) is 5.26 Å². The smallest absolute Gasteiger partial charge is 0.408 e. The summed E-state index contributed by atoms with van der Waals surface area (Å²) in [5.41, 5.74) is -0.0337. The second-order valence-electron chi connectivity index (χ2n) is 10.5. The summed E-state index contributed by atoms with van der Waals surface area (Å²) in [6.07, 6.45) is 1.43. The molecule has 1 aromatic rings. The van der Waals surface area contributed by atoms with Gasteiger partial charge in [-0.25, -0.2) is 4.79 Å². The topological polar surface area (TPSA) is 115 Å². The van der Waals surface area contributed by atoms with Crippen molar-refractivity contribution < 1.29 is 19.1 Å². The van der Waals surface area contributed by atoms with Crippen LogP contribution in [-0.4, -0.2) is 70.6 Å². The third kappa shape index (κ3) is 5.72. The number of rotatable bonds is 7. The number of hydrogen-bond donors (Lipinski definition) is 2. The molecule has 0 radical (unpaired) electrons. The van der Waals surface area contributed by atoms with E-state index < -0.39 is 29.8 Å². The molecule has 3 aliphatic rings. The summed E-state index contributed by atoms with van der Waals surface area (Å²) in [6.45, 7) is 6.00. The highest BCUT2D eigenvalue weighted by Gasteiger charge is 2.58. The van der Waals surface area contributed by atoms with Crippen LogP contribution in [0.4, 0.5) is 4.79 Å². The quantitative estimate of drug-likeness (QED) is 0.554. The molecule has 2 aliphatic heterocycles. The number of fused-ring (bicyclic) bond motifs is 1. The predicted molar refractivity (Wildman–Crippen MR) is 134 cm³/mol. The normalized spacial score (nSPS) is 25.8. The van der Waals surface area contributed by atoms with Crippen LogP contribution < -0.4 is 10.6 Å². The number of halogens is 2. The second-order valence-corrected chi connectivity index (χ2v) is 11.4. The first-order valence-electron chi connectivity index (χ1n) is 12.2. The summed E-state index contributed by atoms with van der Waals surface area (Å²) in [6, 6.07) is 5.49. The lowest BCUT2D eigenvalue weighted by Gasteiger charge is -2.29. The molecule has 36 heavy (non-hydrogen) atoms. The van der Waals surface area contributed by atoms with Crippen LogP contribution in [0.5, 0.6) is 0 Å². The van der Waals surface area contributed by atoms with E-state index >= 15 is 0 Å². The molecule has 3 amide bonds. The molecule has 2 saturated heterocycles. The van der Waals surface area contributed by atoms with E-state index in [0.717, 1.165) is 12.8 Å². The number of amides is 3. The van der Waals surface area contributed by atoms with Gasteiger partial charge < -0.3 is 25.2 Å². The first-order valence-corrected chi connectivity index (χ1v) is 12.9. The third-order valence-corrected chi connectivity index (χ3v) is 7.50. The van der Waals surface area contributed by atoms with Crippen LogP contribution in [0.15, 0.2) is 18.2 Å². The minimum Gasteiger partial charge on any atom is -0.444 e. The Kier molecular flexibility index (Phi) is 7.69. The number of ether oxygens (including phenoxy) is 1. The molecule has 5 atom stereocenters. The highest BCUT2D eigenvalue weighted by Crippen LogP contribution is 2.46. The molecule has 2 N–H and O–H groups in total. The molecule has 1 aliphatic carbocycles. The minimum atomic E-state index is -0.981. The molecule has 1 aromatic carbocycles. The fourth-order valence-electron chi connectivity index (χ4n) is 4.99. The summed E-state index contributed by atoms with van der Waals surface area (Å²) in [4.78, 5) is 42.3. The largest absolute Gasteiger partial charge is 0.444 e.